The first-order valence-corrected chi connectivity index (χ1v) is 8.32. The zero-order chi connectivity index (χ0) is 19.0. The summed E-state index contributed by atoms with van der Waals surface area (Å²) >= 11 is 0. The second-order valence-electron chi connectivity index (χ2n) is 6.17. The summed E-state index contributed by atoms with van der Waals surface area (Å²) in [5.74, 6) is -0.430. The van der Waals surface area contributed by atoms with Gasteiger partial charge in [-0.25, -0.2) is 4.98 Å². The molecule has 4 aromatic rings. The Labute approximate surface area is 154 Å². The molecule has 0 aliphatic carbocycles. The van der Waals surface area contributed by atoms with E-state index < -0.39 is 11.8 Å². The number of primary amides is 2. The lowest BCUT2D eigenvalue weighted by atomic mass is 9.95. The molecule has 1 aromatic heterocycles. The third-order valence-corrected chi connectivity index (χ3v) is 4.41. The van der Waals surface area contributed by atoms with Crippen LogP contribution in [0.15, 0.2) is 66.7 Å². The van der Waals surface area contributed by atoms with Crippen molar-refractivity contribution in [1.82, 2.24) is 9.97 Å². The van der Waals surface area contributed by atoms with Crippen molar-refractivity contribution in [1.29, 1.82) is 0 Å². The van der Waals surface area contributed by atoms with E-state index in [0.717, 1.165) is 22.2 Å². The average Bonchev–Trinajstić information content (AvgIpc) is 3.12. The van der Waals surface area contributed by atoms with Gasteiger partial charge in [0.25, 0.3) is 0 Å². The highest BCUT2D eigenvalue weighted by Crippen LogP contribution is 2.29. The lowest BCUT2D eigenvalue weighted by Gasteiger charge is -2.10. The second-order valence-corrected chi connectivity index (χ2v) is 6.17. The van der Waals surface area contributed by atoms with Gasteiger partial charge in [0.05, 0.1) is 11.0 Å². The number of amides is 2. The Hall–Kier alpha value is -3.93. The maximum atomic E-state index is 11.8. The van der Waals surface area contributed by atoms with E-state index in [-0.39, 0.29) is 0 Å². The Kier molecular flexibility index (Phi) is 3.93. The summed E-state index contributed by atoms with van der Waals surface area (Å²) in [6.07, 6.45) is 0. The largest absolute Gasteiger partial charge is 0.366 e. The molecule has 0 saturated heterocycles. The molecule has 0 unspecified atom stereocenters. The van der Waals surface area contributed by atoms with Crippen LogP contribution in [0.25, 0.3) is 33.5 Å². The van der Waals surface area contributed by atoms with Gasteiger partial charge in [-0.2, -0.15) is 0 Å². The van der Waals surface area contributed by atoms with E-state index in [2.05, 4.69) is 9.97 Å². The standard InChI is InChI=1S/C21H16N4O2/c22-19(26)13-8-9-15(20(23)27)16(11-13)12-4-3-5-14(10-12)21-24-17-6-1-2-7-18(17)25-21/h1-11H,(H2,22,26)(H2,23,27)(H,24,25). The van der Waals surface area contributed by atoms with Gasteiger partial charge in [-0.05, 0) is 47.5 Å². The van der Waals surface area contributed by atoms with E-state index in [1.165, 1.54) is 12.1 Å². The van der Waals surface area contributed by atoms with Crippen LogP contribution < -0.4 is 11.5 Å². The highest BCUT2D eigenvalue weighted by atomic mass is 16.1. The maximum absolute atomic E-state index is 11.8. The molecule has 0 aliphatic heterocycles. The van der Waals surface area contributed by atoms with E-state index in [9.17, 15) is 9.59 Å². The Morgan fingerprint density at radius 1 is 0.815 bits per heavy atom. The smallest absolute Gasteiger partial charge is 0.249 e. The number of imidazole rings is 1. The summed E-state index contributed by atoms with van der Waals surface area (Å²) in [5.41, 5.74) is 15.5. The molecule has 6 heteroatoms. The summed E-state index contributed by atoms with van der Waals surface area (Å²) in [6, 6.07) is 19.9. The predicted octanol–water partition coefficient (Wildman–Crippen LogP) is 3.09. The van der Waals surface area contributed by atoms with Gasteiger partial charge in [-0.3, -0.25) is 9.59 Å². The second kappa shape index (κ2) is 6.42. The van der Waals surface area contributed by atoms with Crippen molar-refractivity contribution in [2.75, 3.05) is 0 Å². The lowest BCUT2D eigenvalue weighted by Crippen LogP contribution is -2.15. The molecule has 6 nitrogen and oxygen atoms in total. The van der Waals surface area contributed by atoms with Gasteiger partial charge in [0, 0.05) is 16.7 Å². The molecular weight excluding hydrogens is 340 g/mol. The topological polar surface area (TPSA) is 115 Å². The number of rotatable bonds is 4. The zero-order valence-electron chi connectivity index (χ0n) is 14.3. The van der Waals surface area contributed by atoms with Crippen LogP contribution in [0.4, 0.5) is 0 Å². The Bertz CT molecular complexity index is 1160. The van der Waals surface area contributed by atoms with Crippen LogP contribution in [0.5, 0.6) is 0 Å². The van der Waals surface area contributed by atoms with E-state index in [4.69, 9.17) is 11.5 Å². The van der Waals surface area contributed by atoms with Gasteiger partial charge in [-0.15, -0.1) is 0 Å². The van der Waals surface area contributed by atoms with Crippen LogP contribution in [0.3, 0.4) is 0 Å². The number of fused-ring (bicyclic) bond motifs is 1. The number of nitrogens with two attached hydrogens (primary N) is 2. The highest BCUT2D eigenvalue weighted by Gasteiger charge is 2.14. The third-order valence-electron chi connectivity index (χ3n) is 4.41. The predicted molar refractivity (Wildman–Crippen MR) is 104 cm³/mol. The number of aromatic amines is 1. The average molecular weight is 356 g/mol. The van der Waals surface area contributed by atoms with E-state index in [0.29, 0.717) is 22.5 Å². The molecule has 0 radical (unpaired) electrons. The van der Waals surface area contributed by atoms with Crippen molar-refractivity contribution in [3.05, 3.63) is 77.9 Å². The van der Waals surface area contributed by atoms with Gasteiger partial charge in [-0.1, -0.05) is 30.3 Å². The molecule has 0 saturated carbocycles. The van der Waals surface area contributed by atoms with Crippen LogP contribution >= 0.6 is 0 Å². The number of hydrogen-bond acceptors (Lipinski definition) is 3. The minimum absolute atomic E-state index is 0.309. The van der Waals surface area contributed by atoms with Crippen LogP contribution in [-0.4, -0.2) is 21.8 Å². The van der Waals surface area contributed by atoms with Crippen molar-refractivity contribution >= 4 is 22.8 Å². The summed E-state index contributed by atoms with van der Waals surface area (Å²) in [6.45, 7) is 0. The number of carbonyl (C=O) groups is 2. The molecular formula is C21H16N4O2. The fraction of sp³-hybridized carbons (Fsp3) is 0. The number of H-pyrrole nitrogens is 1. The van der Waals surface area contributed by atoms with Crippen LogP contribution in [0.1, 0.15) is 20.7 Å². The quantitative estimate of drug-likeness (QED) is 0.522. The van der Waals surface area contributed by atoms with Crippen LogP contribution in [0.2, 0.25) is 0 Å². The third kappa shape index (κ3) is 3.04. The summed E-state index contributed by atoms with van der Waals surface area (Å²) in [7, 11) is 0. The normalized spacial score (nSPS) is 10.8. The van der Waals surface area contributed by atoms with Crippen molar-refractivity contribution in [3.63, 3.8) is 0 Å². The molecule has 0 bridgehead atoms. The van der Waals surface area contributed by atoms with Gasteiger partial charge in [0.2, 0.25) is 11.8 Å². The summed E-state index contributed by atoms with van der Waals surface area (Å²) < 4.78 is 0. The monoisotopic (exact) mass is 356 g/mol. The fourth-order valence-electron chi connectivity index (χ4n) is 3.07. The molecule has 0 atom stereocenters. The van der Waals surface area contributed by atoms with Gasteiger partial charge >= 0.3 is 0 Å². The summed E-state index contributed by atoms with van der Waals surface area (Å²) in [4.78, 5) is 31.3. The Balaban J connectivity index is 1.86. The van der Waals surface area contributed by atoms with Crippen molar-refractivity contribution in [2.45, 2.75) is 0 Å². The molecule has 2 amide bonds. The molecule has 27 heavy (non-hydrogen) atoms. The molecule has 5 N–H and O–H groups in total. The molecule has 0 fully saturated rings. The number of nitrogens with zero attached hydrogens (tertiary/aromatic N) is 1. The molecule has 4 rings (SSSR count). The SMILES string of the molecule is NC(=O)c1ccc(C(N)=O)c(-c2cccc(-c3nc4ccccc4[nH]3)c2)c1. The van der Waals surface area contributed by atoms with Crippen LogP contribution in [0, 0.1) is 0 Å². The van der Waals surface area contributed by atoms with Crippen molar-refractivity contribution in [3.8, 4) is 22.5 Å². The lowest BCUT2D eigenvalue weighted by molar-refractivity contribution is 0.0989. The number of carbonyl (C=O) groups excluding carboxylic acids is 2. The number of hydrogen-bond donors (Lipinski definition) is 3. The number of nitrogens with one attached hydrogen (secondary N) is 1. The van der Waals surface area contributed by atoms with Gasteiger partial charge in [0.1, 0.15) is 5.82 Å². The number of aromatic nitrogens is 2. The molecule has 0 spiro atoms. The van der Waals surface area contributed by atoms with Crippen molar-refractivity contribution < 1.29 is 9.59 Å². The van der Waals surface area contributed by atoms with Crippen molar-refractivity contribution in [2.24, 2.45) is 11.5 Å². The maximum Gasteiger partial charge on any atom is 0.249 e. The van der Waals surface area contributed by atoms with Crippen LogP contribution in [-0.2, 0) is 0 Å². The molecule has 0 aliphatic rings. The minimum atomic E-state index is -0.574. The minimum Gasteiger partial charge on any atom is -0.366 e. The number of para-hydroxylation sites is 2. The van der Waals surface area contributed by atoms with Gasteiger partial charge in [0.15, 0.2) is 0 Å². The Morgan fingerprint density at radius 3 is 2.33 bits per heavy atom. The number of benzene rings is 3. The summed E-state index contributed by atoms with van der Waals surface area (Å²) in [5, 5.41) is 0. The first kappa shape index (κ1) is 16.5. The highest BCUT2D eigenvalue weighted by molar-refractivity contribution is 6.03. The first-order valence-electron chi connectivity index (χ1n) is 8.32. The zero-order valence-corrected chi connectivity index (χ0v) is 14.3. The van der Waals surface area contributed by atoms with E-state index in [1.807, 2.05) is 48.5 Å². The fourth-order valence-corrected chi connectivity index (χ4v) is 3.07. The van der Waals surface area contributed by atoms with Gasteiger partial charge < -0.3 is 16.5 Å². The molecule has 1 heterocycles. The van der Waals surface area contributed by atoms with E-state index in [1.54, 1.807) is 6.07 Å². The Morgan fingerprint density at radius 2 is 1.59 bits per heavy atom. The molecule has 132 valence electrons. The first-order chi connectivity index (χ1) is 13.0. The van der Waals surface area contributed by atoms with E-state index >= 15 is 0 Å². The molecule has 3 aromatic carbocycles.